The number of nitrogens with one attached hydrogen (secondary N) is 4. The van der Waals surface area contributed by atoms with Crippen LogP contribution in [0.4, 0.5) is 0 Å². The molecule has 1 saturated heterocycles. The second-order valence-electron chi connectivity index (χ2n) is 2.76. The van der Waals surface area contributed by atoms with Crippen LogP contribution in [0.25, 0.3) is 0 Å². The molecule has 0 radical (unpaired) electrons. The average Bonchev–Trinajstić information content (AvgIpc) is 2.69. The van der Waals surface area contributed by atoms with Crippen molar-refractivity contribution in [2.45, 2.75) is 6.54 Å². The van der Waals surface area contributed by atoms with Crippen molar-refractivity contribution in [2.75, 3.05) is 0 Å². The molecule has 0 aromatic heterocycles. The van der Waals surface area contributed by atoms with E-state index in [2.05, 4.69) is 26.9 Å². The lowest BCUT2D eigenvalue weighted by Gasteiger charge is -2.00. The zero-order valence-electron chi connectivity index (χ0n) is 7.34. The van der Waals surface area contributed by atoms with Crippen LogP contribution in [0.15, 0.2) is 29.3 Å². The highest BCUT2D eigenvalue weighted by molar-refractivity contribution is 6.31. The first-order valence-electron chi connectivity index (χ1n) is 4.16. The molecule has 1 aromatic carbocycles. The lowest BCUT2D eigenvalue weighted by molar-refractivity contribution is 0.556. The first-order chi connectivity index (χ1) is 6.86. The van der Waals surface area contributed by atoms with Crippen molar-refractivity contribution in [3.05, 3.63) is 34.9 Å². The molecule has 0 unspecified atom stereocenters. The molecule has 0 saturated carbocycles. The van der Waals surface area contributed by atoms with Crippen LogP contribution in [0.5, 0.6) is 0 Å². The van der Waals surface area contributed by atoms with Crippen molar-refractivity contribution in [3.8, 4) is 0 Å². The molecule has 1 aliphatic heterocycles. The van der Waals surface area contributed by atoms with Gasteiger partial charge in [0.05, 0.1) is 6.54 Å². The number of aliphatic imine (C=N–C) groups is 1. The molecule has 0 atom stereocenters. The first kappa shape index (κ1) is 9.26. The van der Waals surface area contributed by atoms with Gasteiger partial charge in [-0.05, 0) is 11.6 Å². The number of hydrogen-bond donors (Lipinski definition) is 4. The standard InChI is InChI=1S/C8H10ClN5/c9-7-4-2-1-3-6(7)5-10-8-11-13-14-12-8/h1-4,13-14H,5H2,(H2,10,11,12). The molecule has 0 spiro atoms. The van der Waals surface area contributed by atoms with Gasteiger partial charge < -0.3 is 0 Å². The molecule has 6 heteroatoms. The highest BCUT2D eigenvalue weighted by atomic mass is 35.5. The van der Waals surface area contributed by atoms with Gasteiger partial charge in [-0.2, -0.15) is 11.1 Å². The van der Waals surface area contributed by atoms with Crippen LogP contribution in [-0.4, -0.2) is 5.96 Å². The Morgan fingerprint density at radius 1 is 1.14 bits per heavy atom. The average molecular weight is 212 g/mol. The lowest BCUT2D eigenvalue weighted by atomic mass is 10.2. The number of hydrazine groups is 3. The van der Waals surface area contributed by atoms with Gasteiger partial charge in [0, 0.05) is 5.02 Å². The van der Waals surface area contributed by atoms with Gasteiger partial charge in [-0.3, -0.25) is 10.9 Å². The lowest BCUT2D eigenvalue weighted by Crippen LogP contribution is -2.33. The number of rotatable bonds is 2. The van der Waals surface area contributed by atoms with Gasteiger partial charge in [-0.15, -0.1) is 0 Å². The summed E-state index contributed by atoms with van der Waals surface area (Å²) >= 11 is 5.97. The third kappa shape index (κ3) is 2.14. The Balaban J connectivity index is 2.04. The predicted octanol–water partition coefficient (Wildman–Crippen LogP) is 0.313. The summed E-state index contributed by atoms with van der Waals surface area (Å²) in [6, 6.07) is 7.63. The monoisotopic (exact) mass is 211 g/mol. The number of guanidine groups is 1. The third-order valence-electron chi connectivity index (χ3n) is 1.79. The van der Waals surface area contributed by atoms with Crippen LogP contribution >= 0.6 is 11.6 Å². The van der Waals surface area contributed by atoms with E-state index in [0.717, 1.165) is 10.6 Å². The minimum atomic E-state index is 0.540. The van der Waals surface area contributed by atoms with E-state index in [0.29, 0.717) is 12.5 Å². The topological polar surface area (TPSA) is 60.5 Å². The van der Waals surface area contributed by atoms with Gasteiger partial charge in [-0.1, -0.05) is 29.8 Å². The Bertz CT molecular complexity index is 343. The van der Waals surface area contributed by atoms with Gasteiger partial charge in [0.25, 0.3) is 0 Å². The maximum absolute atomic E-state index is 5.97. The van der Waals surface area contributed by atoms with Crippen molar-refractivity contribution in [2.24, 2.45) is 4.99 Å². The van der Waals surface area contributed by atoms with E-state index in [9.17, 15) is 0 Å². The highest BCUT2D eigenvalue weighted by Crippen LogP contribution is 2.15. The van der Waals surface area contributed by atoms with E-state index in [-0.39, 0.29) is 0 Å². The van der Waals surface area contributed by atoms with Gasteiger partial charge in [0.2, 0.25) is 5.96 Å². The van der Waals surface area contributed by atoms with E-state index in [1.807, 2.05) is 24.3 Å². The van der Waals surface area contributed by atoms with E-state index < -0.39 is 0 Å². The summed E-state index contributed by atoms with van der Waals surface area (Å²) in [5.41, 5.74) is 11.9. The van der Waals surface area contributed by atoms with Gasteiger partial charge in [-0.25, -0.2) is 4.99 Å². The Hall–Kier alpha value is -1.30. The van der Waals surface area contributed by atoms with Crippen molar-refractivity contribution < 1.29 is 0 Å². The molecule has 74 valence electrons. The summed E-state index contributed by atoms with van der Waals surface area (Å²) in [6.07, 6.45) is 0. The molecule has 0 amide bonds. The smallest absolute Gasteiger partial charge is 0.223 e. The van der Waals surface area contributed by atoms with Crippen LogP contribution in [0, 0.1) is 0 Å². The summed E-state index contributed by atoms with van der Waals surface area (Å²) in [5.74, 6) is 0.643. The summed E-state index contributed by atoms with van der Waals surface area (Å²) in [6.45, 7) is 0.540. The fraction of sp³-hybridized carbons (Fsp3) is 0.125. The third-order valence-corrected chi connectivity index (χ3v) is 2.16. The second-order valence-corrected chi connectivity index (χ2v) is 3.16. The van der Waals surface area contributed by atoms with Gasteiger partial charge in [0.15, 0.2) is 0 Å². The summed E-state index contributed by atoms with van der Waals surface area (Å²) in [7, 11) is 0. The summed E-state index contributed by atoms with van der Waals surface area (Å²) < 4.78 is 0. The number of halogens is 1. The normalized spacial score (nSPS) is 14.8. The van der Waals surface area contributed by atoms with E-state index in [1.165, 1.54) is 0 Å². The number of nitrogens with zero attached hydrogens (tertiary/aromatic N) is 1. The van der Waals surface area contributed by atoms with E-state index in [1.54, 1.807) is 0 Å². The molecule has 1 aromatic rings. The van der Waals surface area contributed by atoms with Crippen molar-refractivity contribution >= 4 is 17.6 Å². The van der Waals surface area contributed by atoms with E-state index in [4.69, 9.17) is 11.6 Å². The molecule has 0 aliphatic carbocycles. The Morgan fingerprint density at radius 3 is 2.57 bits per heavy atom. The predicted molar refractivity (Wildman–Crippen MR) is 55.1 cm³/mol. The van der Waals surface area contributed by atoms with E-state index >= 15 is 0 Å². The molecule has 1 aliphatic rings. The van der Waals surface area contributed by atoms with Gasteiger partial charge >= 0.3 is 0 Å². The second kappa shape index (κ2) is 4.28. The molecule has 14 heavy (non-hydrogen) atoms. The molecule has 1 heterocycles. The maximum atomic E-state index is 5.97. The summed E-state index contributed by atoms with van der Waals surface area (Å²) in [5, 5.41) is 0.732. The molecule has 1 fully saturated rings. The van der Waals surface area contributed by atoms with Crippen LogP contribution in [0.2, 0.25) is 5.02 Å². The van der Waals surface area contributed by atoms with Crippen molar-refractivity contribution in [1.82, 2.24) is 21.9 Å². The number of hydrogen-bond acceptors (Lipinski definition) is 3. The largest absolute Gasteiger partial charge is 0.276 e. The van der Waals surface area contributed by atoms with Crippen molar-refractivity contribution in [3.63, 3.8) is 0 Å². The quantitative estimate of drug-likeness (QED) is 0.569. The Kier molecular flexibility index (Phi) is 2.83. The minimum Gasteiger partial charge on any atom is -0.276 e. The maximum Gasteiger partial charge on any atom is 0.223 e. The minimum absolute atomic E-state index is 0.540. The van der Waals surface area contributed by atoms with Crippen LogP contribution in [0.1, 0.15) is 5.56 Å². The fourth-order valence-electron chi connectivity index (χ4n) is 1.08. The number of benzene rings is 1. The highest BCUT2D eigenvalue weighted by Gasteiger charge is 2.03. The van der Waals surface area contributed by atoms with Crippen LogP contribution in [-0.2, 0) is 6.54 Å². The van der Waals surface area contributed by atoms with Crippen molar-refractivity contribution in [1.29, 1.82) is 0 Å². The molecule has 5 nitrogen and oxygen atoms in total. The zero-order valence-corrected chi connectivity index (χ0v) is 8.10. The first-order valence-corrected chi connectivity index (χ1v) is 4.54. The molecule has 4 N–H and O–H groups in total. The van der Waals surface area contributed by atoms with Crippen LogP contribution < -0.4 is 21.9 Å². The molecule has 0 bridgehead atoms. The Morgan fingerprint density at radius 2 is 1.86 bits per heavy atom. The zero-order chi connectivity index (χ0) is 9.80. The summed E-state index contributed by atoms with van der Waals surface area (Å²) in [4.78, 5) is 4.24. The van der Waals surface area contributed by atoms with Crippen LogP contribution in [0.3, 0.4) is 0 Å². The fourth-order valence-corrected chi connectivity index (χ4v) is 1.28. The molecular weight excluding hydrogens is 202 g/mol. The SMILES string of the molecule is Clc1ccccc1CN=C1NNNN1. The Labute approximate surface area is 86.5 Å². The van der Waals surface area contributed by atoms with Gasteiger partial charge in [0.1, 0.15) is 0 Å². The molecule has 2 rings (SSSR count). The molecular formula is C8H10ClN5.